The quantitative estimate of drug-likeness (QED) is 0.518. The number of amides is 3. The number of methoxy groups -OCH3 is 1. The molecule has 0 atom stereocenters. The van der Waals surface area contributed by atoms with Gasteiger partial charge in [-0.2, -0.15) is 13.2 Å². The van der Waals surface area contributed by atoms with Gasteiger partial charge in [-0.25, -0.2) is 9.78 Å². The van der Waals surface area contributed by atoms with Gasteiger partial charge in [0.25, 0.3) is 5.91 Å². The van der Waals surface area contributed by atoms with Gasteiger partial charge in [-0.15, -0.1) is 0 Å². The van der Waals surface area contributed by atoms with Gasteiger partial charge in [0.05, 0.1) is 29.6 Å². The summed E-state index contributed by atoms with van der Waals surface area (Å²) >= 11 is 6.01. The number of halogens is 4. The van der Waals surface area contributed by atoms with Crippen LogP contribution in [0.2, 0.25) is 5.02 Å². The molecule has 0 spiro atoms. The molecule has 0 radical (unpaired) electrons. The third kappa shape index (κ3) is 5.67. The standard InChI is InChI=1S/C21H15ClF3N3O4/c1-31-16-7-3-6-15(22)18(16)19(29)28-20(30)27-13-8-9-17(26-11-13)32-14-5-2-4-12(10-14)21(23,24)25/h2-11H,1H3,(H2,27,28,29,30). The highest BCUT2D eigenvalue weighted by molar-refractivity contribution is 6.34. The number of urea groups is 1. The number of alkyl halides is 3. The molecule has 0 unspecified atom stereocenters. The van der Waals surface area contributed by atoms with Gasteiger partial charge in [-0.05, 0) is 36.4 Å². The van der Waals surface area contributed by atoms with Crippen molar-refractivity contribution in [3.8, 4) is 17.4 Å². The van der Waals surface area contributed by atoms with E-state index in [9.17, 15) is 22.8 Å². The van der Waals surface area contributed by atoms with Crippen LogP contribution in [0.3, 0.4) is 0 Å². The Labute approximate surface area is 185 Å². The molecule has 0 saturated heterocycles. The third-order valence-electron chi connectivity index (χ3n) is 4.03. The molecular weight excluding hydrogens is 451 g/mol. The molecule has 1 heterocycles. The lowest BCUT2D eigenvalue weighted by Gasteiger charge is -2.11. The number of carbonyl (C=O) groups excluding carboxylic acids is 2. The van der Waals surface area contributed by atoms with Crippen LogP contribution in [0.4, 0.5) is 23.7 Å². The Morgan fingerprint density at radius 1 is 1.06 bits per heavy atom. The molecule has 0 bridgehead atoms. The third-order valence-corrected chi connectivity index (χ3v) is 4.34. The number of rotatable bonds is 5. The van der Waals surface area contributed by atoms with E-state index in [1.165, 1.54) is 49.7 Å². The molecule has 2 N–H and O–H groups in total. The molecule has 7 nitrogen and oxygen atoms in total. The summed E-state index contributed by atoms with van der Waals surface area (Å²) in [7, 11) is 1.36. The SMILES string of the molecule is COc1cccc(Cl)c1C(=O)NC(=O)Nc1ccc(Oc2cccc(C(F)(F)F)c2)nc1. The van der Waals surface area contributed by atoms with E-state index in [-0.39, 0.29) is 33.7 Å². The second kappa shape index (κ2) is 9.56. The van der Waals surface area contributed by atoms with Gasteiger partial charge >= 0.3 is 12.2 Å². The van der Waals surface area contributed by atoms with Crippen LogP contribution in [-0.4, -0.2) is 24.0 Å². The fraction of sp³-hybridized carbons (Fsp3) is 0.0952. The predicted octanol–water partition coefficient (Wildman–Crippen LogP) is 5.52. The lowest BCUT2D eigenvalue weighted by molar-refractivity contribution is -0.137. The molecule has 0 saturated carbocycles. The fourth-order valence-electron chi connectivity index (χ4n) is 2.59. The van der Waals surface area contributed by atoms with Crippen LogP contribution >= 0.6 is 11.6 Å². The van der Waals surface area contributed by atoms with E-state index < -0.39 is 23.7 Å². The summed E-state index contributed by atoms with van der Waals surface area (Å²) in [6.45, 7) is 0. The van der Waals surface area contributed by atoms with E-state index in [0.717, 1.165) is 12.1 Å². The summed E-state index contributed by atoms with van der Waals surface area (Å²) in [5.41, 5.74) is -0.655. The van der Waals surface area contributed by atoms with Crippen molar-refractivity contribution in [2.45, 2.75) is 6.18 Å². The number of hydrogen-bond acceptors (Lipinski definition) is 5. The minimum absolute atomic E-state index is 0.00484. The average molecular weight is 466 g/mol. The number of anilines is 1. The van der Waals surface area contributed by atoms with Gasteiger partial charge in [-0.1, -0.05) is 23.7 Å². The first-order valence-electron chi connectivity index (χ1n) is 8.93. The highest BCUT2D eigenvalue weighted by Crippen LogP contribution is 2.32. The Morgan fingerprint density at radius 2 is 1.81 bits per heavy atom. The molecule has 0 fully saturated rings. The van der Waals surface area contributed by atoms with Crippen LogP contribution < -0.4 is 20.1 Å². The van der Waals surface area contributed by atoms with Crippen molar-refractivity contribution in [3.63, 3.8) is 0 Å². The molecule has 0 aliphatic rings. The molecule has 166 valence electrons. The summed E-state index contributed by atoms with van der Waals surface area (Å²) in [5, 5.41) is 4.62. The Hall–Kier alpha value is -3.79. The molecule has 2 aromatic carbocycles. The molecule has 3 amide bonds. The summed E-state index contributed by atoms with van der Waals surface area (Å²) in [6.07, 6.45) is -3.29. The van der Waals surface area contributed by atoms with Gasteiger partial charge in [0.15, 0.2) is 0 Å². The monoisotopic (exact) mass is 465 g/mol. The zero-order valence-electron chi connectivity index (χ0n) is 16.4. The smallest absolute Gasteiger partial charge is 0.416 e. The number of carbonyl (C=O) groups is 2. The minimum Gasteiger partial charge on any atom is -0.496 e. The predicted molar refractivity (Wildman–Crippen MR) is 110 cm³/mol. The number of nitrogens with zero attached hydrogens (tertiary/aromatic N) is 1. The zero-order valence-corrected chi connectivity index (χ0v) is 17.1. The van der Waals surface area contributed by atoms with E-state index in [4.69, 9.17) is 21.1 Å². The van der Waals surface area contributed by atoms with E-state index >= 15 is 0 Å². The van der Waals surface area contributed by atoms with Crippen LogP contribution in [0, 0.1) is 0 Å². The maximum Gasteiger partial charge on any atom is 0.416 e. The van der Waals surface area contributed by atoms with Gasteiger partial charge < -0.3 is 14.8 Å². The van der Waals surface area contributed by atoms with Gasteiger partial charge in [0.2, 0.25) is 5.88 Å². The Kier molecular flexibility index (Phi) is 6.84. The van der Waals surface area contributed by atoms with E-state index in [1.54, 1.807) is 6.07 Å². The number of pyridine rings is 1. The summed E-state index contributed by atoms with van der Waals surface area (Å²) < 4.78 is 48.8. The molecular formula is C21H15ClF3N3O4. The van der Waals surface area contributed by atoms with Gasteiger partial charge in [-0.3, -0.25) is 10.1 Å². The van der Waals surface area contributed by atoms with E-state index in [0.29, 0.717) is 0 Å². The Balaban J connectivity index is 1.62. The van der Waals surface area contributed by atoms with E-state index in [1.807, 2.05) is 0 Å². The molecule has 11 heteroatoms. The number of aromatic nitrogens is 1. The van der Waals surface area contributed by atoms with Gasteiger partial charge in [0, 0.05) is 6.07 Å². The van der Waals surface area contributed by atoms with Crippen LogP contribution in [0.15, 0.2) is 60.8 Å². The molecule has 0 aliphatic heterocycles. The topological polar surface area (TPSA) is 89.5 Å². The van der Waals surface area contributed by atoms with E-state index in [2.05, 4.69) is 15.6 Å². The second-order valence-electron chi connectivity index (χ2n) is 6.24. The van der Waals surface area contributed by atoms with Crippen molar-refractivity contribution in [1.29, 1.82) is 0 Å². The second-order valence-corrected chi connectivity index (χ2v) is 6.65. The lowest BCUT2D eigenvalue weighted by atomic mass is 10.2. The Bertz CT molecular complexity index is 1140. The summed E-state index contributed by atoms with van der Waals surface area (Å²) in [6, 6.07) is 10.8. The van der Waals surface area contributed by atoms with Crippen LogP contribution in [0.1, 0.15) is 15.9 Å². The first-order valence-corrected chi connectivity index (χ1v) is 9.31. The van der Waals surface area contributed by atoms with Crippen molar-refractivity contribution in [1.82, 2.24) is 10.3 Å². The number of imide groups is 1. The van der Waals surface area contributed by atoms with Crippen LogP contribution in [-0.2, 0) is 6.18 Å². The number of hydrogen-bond donors (Lipinski definition) is 2. The number of nitrogens with one attached hydrogen (secondary N) is 2. The van der Waals surface area contributed by atoms with Crippen LogP contribution in [0.5, 0.6) is 17.4 Å². The highest BCUT2D eigenvalue weighted by Gasteiger charge is 2.30. The first kappa shape index (κ1) is 22.9. The largest absolute Gasteiger partial charge is 0.496 e. The van der Waals surface area contributed by atoms with Crippen molar-refractivity contribution in [3.05, 3.63) is 76.9 Å². The maximum atomic E-state index is 12.8. The fourth-order valence-corrected chi connectivity index (χ4v) is 2.85. The molecule has 32 heavy (non-hydrogen) atoms. The number of ether oxygens (including phenoxy) is 2. The van der Waals surface area contributed by atoms with Crippen LogP contribution in [0.25, 0.3) is 0 Å². The molecule has 3 rings (SSSR count). The van der Waals surface area contributed by atoms with Crippen molar-refractivity contribution in [2.24, 2.45) is 0 Å². The summed E-state index contributed by atoms with van der Waals surface area (Å²) in [5.74, 6) is -0.625. The van der Waals surface area contributed by atoms with Crippen molar-refractivity contribution in [2.75, 3.05) is 12.4 Å². The molecule has 1 aromatic heterocycles. The molecule has 3 aromatic rings. The lowest BCUT2D eigenvalue weighted by Crippen LogP contribution is -2.34. The summed E-state index contributed by atoms with van der Waals surface area (Å²) in [4.78, 5) is 28.4. The highest BCUT2D eigenvalue weighted by atomic mass is 35.5. The van der Waals surface area contributed by atoms with Crippen molar-refractivity contribution < 1.29 is 32.2 Å². The number of benzene rings is 2. The average Bonchev–Trinajstić information content (AvgIpc) is 2.74. The van der Waals surface area contributed by atoms with Gasteiger partial charge in [0.1, 0.15) is 17.1 Å². The van der Waals surface area contributed by atoms with Crippen molar-refractivity contribution >= 4 is 29.2 Å². The molecule has 0 aliphatic carbocycles. The zero-order chi connectivity index (χ0) is 23.3. The first-order chi connectivity index (χ1) is 15.2. The Morgan fingerprint density at radius 3 is 2.47 bits per heavy atom. The normalized spacial score (nSPS) is 10.9. The maximum absolute atomic E-state index is 12.8. The minimum atomic E-state index is -4.50.